The van der Waals surface area contributed by atoms with E-state index in [1.807, 2.05) is 6.07 Å². The fraction of sp³-hybridized carbons (Fsp3) is 0.333. The molecule has 1 N–H and O–H groups in total. The van der Waals surface area contributed by atoms with Gasteiger partial charge < -0.3 is 5.32 Å². The van der Waals surface area contributed by atoms with Crippen molar-refractivity contribution in [2.45, 2.75) is 25.6 Å². The van der Waals surface area contributed by atoms with Gasteiger partial charge in [-0.25, -0.2) is 4.39 Å². The molecule has 1 saturated heterocycles. The first-order valence-electron chi connectivity index (χ1n) is 7.54. The molecule has 2 aromatic carbocycles. The van der Waals surface area contributed by atoms with Gasteiger partial charge in [-0.3, -0.25) is 4.90 Å². The number of nitrogens with one attached hydrogen (secondary N) is 1. The third-order valence-corrected chi connectivity index (χ3v) is 4.01. The maximum absolute atomic E-state index is 13.1. The maximum atomic E-state index is 13.1. The van der Waals surface area contributed by atoms with Crippen LogP contribution in [0.2, 0.25) is 0 Å². The molecule has 3 rings (SSSR count). The van der Waals surface area contributed by atoms with E-state index in [4.69, 9.17) is 0 Å². The van der Waals surface area contributed by atoms with Crippen molar-refractivity contribution in [1.29, 1.82) is 0 Å². The van der Waals surface area contributed by atoms with E-state index in [1.165, 1.54) is 11.6 Å². The molecule has 1 unspecified atom stereocenters. The number of likely N-dealkylation sites (tertiary alicyclic amines) is 1. The molecule has 0 aliphatic carbocycles. The summed E-state index contributed by atoms with van der Waals surface area (Å²) >= 11 is 0. The van der Waals surface area contributed by atoms with Crippen LogP contribution in [0.4, 0.5) is 4.39 Å². The molecule has 0 spiro atoms. The van der Waals surface area contributed by atoms with Crippen molar-refractivity contribution < 1.29 is 4.39 Å². The predicted molar refractivity (Wildman–Crippen MR) is 83.4 cm³/mol. The molecule has 3 heteroatoms. The molecule has 0 amide bonds. The molecule has 21 heavy (non-hydrogen) atoms. The molecule has 1 heterocycles. The Balaban J connectivity index is 1.46. The summed E-state index contributed by atoms with van der Waals surface area (Å²) in [6.45, 7) is 3.93. The highest BCUT2D eigenvalue weighted by atomic mass is 19.1. The van der Waals surface area contributed by atoms with Crippen molar-refractivity contribution in [2.75, 3.05) is 13.1 Å². The Hall–Kier alpha value is -1.71. The first-order chi connectivity index (χ1) is 10.3. The zero-order chi connectivity index (χ0) is 14.5. The molecule has 0 saturated carbocycles. The van der Waals surface area contributed by atoms with E-state index in [0.29, 0.717) is 6.04 Å². The second-order valence-corrected chi connectivity index (χ2v) is 5.72. The number of rotatable bonds is 5. The van der Waals surface area contributed by atoms with Crippen molar-refractivity contribution >= 4 is 0 Å². The summed E-state index contributed by atoms with van der Waals surface area (Å²) in [6.07, 6.45) is 1.15. The first kappa shape index (κ1) is 14.2. The molecule has 1 aliphatic rings. The van der Waals surface area contributed by atoms with Gasteiger partial charge in [-0.05, 0) is 29.7 Å². The van der Waals surface area contributed by atoms with Gasteiger partial charge >= 0.3 is 0 Å². The summed E-state index contributed by atoms with van der Waals surface area (Å²) in [4.78, 5) is 2.47. The third kappa shape index (κ3) is 4.13. The highest BCUT2D eigenvalue weighted by Gasteiger charge is 2.21. The van der Waals surface area contributed by atoms with Crippen LogP contribution >= 0.6 is 0 Å². The van der Waals surface area contributed by atoms with Crippen LogP contribution in [0.3, 0.4) is 0 Å². The molecule has 2 aromatic rings. The molecular weight excluding hydrogens is 263 g/mol. The fourth-order valence-corrected chi connectivity index (χ4v) is 2.89. The Morgan fingerprint density at radius 2 is 1.86 bits per heavy atom. The van der Waals surface area contributed by atoms with Crippen molar-refractivity contribution in [3.63, 3.8) is 0 Å². The summed E-state index contributed by atoms with van der Waals surface area (Å²) < 4.78 is 13.1. The average molecular weight is 284 g/mol. The van der Waals surface area contributed by atoms with Crippen LogP contribution in [-0.2, 0) is 13.1 Å². The van der Waals surface area contributed by atoms with E-state index in [-0.39, 0.29) is 5.82 Å². The SMILES string of the molecule is Fc1cccc(CNC2CCN(Cc3ccccc3)C2)c1. The minimum absolute atomic E-state index is 0.161. The Morgan fingerprint density at radius 1 is 1.05 bits per heavy atom. The van der Waals surface area contributed by atoms with Crippen LogP contribution in [0.1, 0.15) is 17.5 Å². The number of hydrogen-bond acceptors (Lipinski definition) is 2. The summed E-state index contributed by atoms with van der Waals surface area (Å²) in [7, 11) is 0. The summed E-state index contributed by atoms with van der Waals surface area (Å²) in [6, 6.07) is 17.9. The minimum atomic E-state index is -0.161. The second-order valence-electron chi connectivity index (χ2n) is 5.72. The Labute approximate surface area is 125 Å². The lowest BCUT2D eigenvalue weighted by molar-refractivity contribution is 0.320. The Bertz CT molecular complexity index is 570. The van der Waals surface area contributed by atoms with Crippen LogP contribution in [0, 0.1) is 5.82 Å². The molecular formula is C18H21FN2. The number of benzene rings is 2. The monoisotopic (exact) mass is 284 g/mol. The van der Waals surface area contributed by atoms with Gasteiger partial charge in [0.25, 0.3) is 0 Å². The van der Waals surface area contributed by atoms with Gasteiger partial charge in [0.1, 0.15) is 5.82 Å². The summed E-state index contributed by atoms with van der Waals surface area (Å²) in [5.74, 6) is -0.161. The zero-order valence-electron chi connectivity index (χ0n) is 12.1. The van der Waals surface area contributed by atoms with Crippen LogP contribution < -0.4 is 5.32 Å². The van der Waals surface area contributed by atoms with Crippen molar-refractivity contribution in [1.82, 2.24) is 10.2 Å². The van der Waals surface area contributed by atoms with Gasteiger partial charge in [-0.2, -0.15) is 0 Å². The van der Waals surface area contributed by atoms with Crippen molar-refractivity contribution in [3.8, 4) is 0 Å². The second kappa shape index (κ2) is 6.83. The lowest BCUT2D eigenvalue weighted by Crippen LogP contribution is -2.31. The zero-order valence-corrected chi connectivity index (χ0v) is 12.1. The third-order valence-electron chi connectivity index (χ3n) is 4.01. The normalized spacial score (nSPS) is 19.0. The van der Waals surface area contributed by atoms with Gasteiger partial charge in [0, 0.05) is 32.2 Å². The van der Waals surface area contributed by atoms with Crippen molar-refractivity contribution in [2.24, 2.45) is 0 Å². The van der Waals surface area contributed by atoms with E-state index in [0.717, 1.165) is 38.2 Å². The highest BCUT2D eigenvalue weighted by Crippen LogP contribution is 2.14. The van der Waals surface area contributed by atoms with Gasteiger partial charge in [0.05, 0.1) is 0 Å². The average Bonchev–Trinajstić information content (AvgIpc) is 2.94. The van der Waals surface area contributed by atoms with Crippen LogP contribution in [-0.4, -0.2) is 24.0 Å². The van der Waals surface area contributed by atoms with Gasteiger partial charge in [0.2, 0.25) is 0 Å². The van der Waals surface area contributed by atoms with E-state index in [2.05, 4.69) is 40.5 Å². The summed E-state index contributed by atoms with van der Waals surface area (Å²) in [5, 5.41) is 3.53. The number of halogens is 1. The fourth-order valence-electron chi connectivity index (χ4n) is 2.89. The van der Waals surface area contributed by atoms with Crippen molar-refractivity contribution in [3.05, 3.63) is 71.5 Å². The first-order valence-corrected chi connectivity index (χ1v) is 7.54. The van der Waals surface area contributed by atoms with E-state index in [9.17, 15) is 4.39 Å². The molecule has 1 aliphatic heterocycles. The molecule has 0 aromatic heterocycles. The molecule has 0 radical (unpaired) electrons. The van der Waals surface area contributed by atoms with Crippen LogP contribution in [0.25, 0.3) is 0 Å². The Kier molecular flexibility index (Phi) is 4.63. The highest BCUT2D eigenvalue weighted by molar-refractivity contribution is 5.16. The quantitative estimate of drug-likeness (QED) is 0.907. The largest absolute Gasteiger partial charge is 0.309 e. The molecule has 2 nitrogen and oxygen atoms in total. The van der Waals surface area contributed by atoms with Crippen LogP contribution in [0.15, 0.2) is 54.6 Å². The Morgan fingerprint density at radius 3 is 2.67 bits per heavy atom. The molecule has 1 atom stereocenters. The van der Waals surface area contributed by atoms with Gasteiger partial charge in [0.15, 0.2) is 0 Å². The number of nitrogens with zero attached hydrogens (tertiary/aromatic N) is 1. The predicted octanol–water partition coefficient (Wildman–Crippen LogP) is 3.19. The minimum Gasteiger partial charge on any atom is -0.309 e. The van der Waals surface area contributed by atoms with E-state index in [1.54, 1.807) is 12.1 Å². The molecule has 1 fully saturated rings. The molecule has 110 valence electrons. The topological polar surface area (TPSA) is 15.3 Å². The van der Waals surface area contributed by atoms with E-state index >= 15 is 0 Å². The van der Waals surface area contributed by atoms with Crippen LogP contribution in [0.5, 0.6) is 0 Å². The standard InChI is InChI=1S/C18H21FN2/c19-17-8-4-7-16(11-17)12-20-18-9-10-21(14-18)13-15-5-2-1-3-6-15/h1-8,11,18,20H,9-10,12-14H2. The lowest BCUT2D eigenvalue weighted by atomic mass is 10.2. The van der Waals surface area contributed by atoms with E-state index < -0.39 is 0 Å². The lowest BCUT2D eigenvalue weighted by Gasteiger charge is -2.17. The maximum Gasteiger partial charge on any atom is 0.123 e. The van der Waals surface area contributed by atoms with Gasteiger partial charge in [-0.1, -0.05) is 42.5 Å². The summed E-state index contributed by atoms with van der Waals surface area (Å²) in [5.41, 5.74) is 2.37. The number of hydrogen-bond donors (Lipinski definition) is 1. The molecule has 0 bridgehead atoms. The smallest absolute Gasteiger partial charge is 0.123 e. The van der Waals surface area contributed by atoms with Gasteiger partial charge in [-0.15, -0.1) is 0 Å².